The number of hydrogen-bond acceptors (Lipinski definition) is 8. The van der Waals surface area contributed by atoms with Crippen LogP contribution in [-0.4, -0.2) is 76.3 Å². The Kier molecular flexibility index (Phi) is 7.39. The summed E-state index contributed by atoms with van der Waals surface area (Å²) in [6.07, 6.45) is 0. The Hall–Kier alpha value is -3.99. The third-order valence-electron chi connectivity index (χ3n) is 5.90. The van der Waals surface area contributed by atoms with Gasteiger partial charge in [-0.25, -0.2) is 4.79 Å². The lowest BCUT2D eigenvalue weighted by Crippen LogP contribution is -2.35. The molecule has 1 fully saturated rings. The van der Waals surface area contributed by atoms with Gasteiger partial charge in [0, 0.05) is 36.5 Å². The second-order valence-corrected chi connectivity index (χ2v) is 8.49. The lowest BCUT2D eigenvalue weighted by atomic mass is 9.94. The fourth-order valence-corrected chi connectivity index (χ4v) is 4.19. The molecular weight excluding hydrogens is 456 g/mol. The number of nitro benzene ring substituents is 1. The van der Waals surface area contributed by atoms with Crippen molar-refractivity contribution >= 4 is 29.1 Å². The number of esters is 1. The molecule has 11 heteroatoms. The van der Waals surface area contributed by atoms with Gasteiger partial charge < -0.3 is 24.6 Å². The molecule has 2 heterocycles. The molecule has 0 saturated carbocycles. The van der Waals surface area contributed by atoms with Crippen molar-refractivity contribution in [2.75, 3.05) is 33.8 Å². The number of carbonyl (C=O) groups excluding carboxylic acids is 3. The summed E-state index contributed by atoms with van der Waals surface area (Å²) in [5.41, 5.74) is 1.31. The predicted octanol–water partition coefficient (Wildman–Crippen LogP) is 2.70. The molecular formula is C24H28N4O7. The van der Waals surface area contributed by atoms with E-state index in [1.807, 2.05) is 19.0 Å². The third-order valence-corrected chi connectivity index (χ3v) is 5.90. The van der Waals surface area contributed by atoms with Crippen molar-refractivity contribution in [3.8, 4) is 0 Å². The van der Waals surface area contributed by atoms with Crippen LogP contribution in [-0.2, 0) is 14.3 Å². The minimum Gasteiger partial charge on any atom is -0.507 e. The summed E-state index contributed by atoms with van der Waals surface area (Å²) in [6.45, 7) is 5.71. The van der Waals surface area contributed by atoms with Crippen molar-refractivity contribution in [3.63, 3.8) is 0 Å². The van der Waals surface area contributed by atoms with Gasteiger partial charge in [-0.05, 0) is 58.1 Å². The molecule has 35 heavy (non-hydrogen) atoms. The molecule has 1 amide bonds. The van der Waals surface area contributed by atoms with Crippen LogP contribution in [0, 0.1) is 24.0 Å². The van der Waals surface area contributed by atoms with E-state index in [0.717, 1.165) is 0 Å². The standard InChI is InChI=1S/C24H28N4O7/c1-6-35-24(32)19-13(2)17(14(3)25-19)21(29)18-20(15-7-9-16(10-8-15)28(33)34)27(12-11-26(4)5)23(31)22(18)30/h7-10,20,25,29H,6,11-12H2,1-5H3/t20-/m0/s1. The summed E-state index contributed by atoms with van der Waals surface area (Å²) in [4.78, 5) is 55.2. The number of aromatic nitrogens is 1. The largest absolute Gasteiger partial charge is 0.507 e. The van der Waals surface area contributed by atoms with Crippen molar-refractivity contribution in [2.45, 2.75) is 26.8 Å². The molecule has 1 saturated heterocycles. The number of Topliss-reactive ketones (excluding diaryl/α,β-unsaturated/α-hetero) is 1. The summed E-state index contributed by atoms with van der Waals surface area (Å²) in [5.74, 6) is -2.69. The number of H-pyrrole nitrogens is 1. The van der Waals surface area contributed by atoms with Gasteiger partial charge in [0.05, 0.1) is 23.1 Å². The number of rotatable bonds is 8. The molecule has 1 aromatic carbocycles. The van der Waals surface area contributed by atoms with Crippen LogP contribution in [0.1, 0.15) is 45.8 Å². The van der Waals surface area contributed by atoms with Crippen LogP contribution in [0.15, 0.2) is 29.8 Å². The number of carbonyl (C=O) groups is 3. The molecule has 186 valence electrons. The Balaban J connectivity index is 2.20. The van der Waals surface area contributed by atoms with E-state index in [4.69, 9.17) is 4.74 Å². The number of amides is 1. The van der Waals surface area contributed by atoms with Gasteiger partial charge in [-0.2, -0.15) is 0 Å². The minimum atomic E-state index is -0.963. The van der Waals surface area contributed by atoms with Gasteiger partial charge in [-0.1, -0.05) is 0 Å². The summed E-state index contributed by atoms with van der Waals surface area (Å²) in [7, 11) is 3.64. The number of ether oxygens (including phenoxy) is 1. The zero-order valence-corrected chi connectivity index (χ0v) is 20.2. The van der Waals surface area contributed by atoms with Gasteiger partial charge in [0.2, 0.25) is 0 Å². The fourth-order valence-electron chi connectivity index (χ4n) is 4.19. The number of nitrogens with one attached hydrogen (secondary N) is 1. The van der Waals surface area contributed by atoms with E-state index < -0.39 is 34.4 Å². The maximum absolute atomic E-state index is 13.2. The number of benzene rings is 1. The highest BCUT2D eigenvalue weighted by Gasteiger charge is 2.46. The number of nitrogens with zero attached hydrogens (tertiary/aromatic N) is 3. The van der Waals surface area contributed by atoms with Gasteiger partial charge in [-0.15, -0.1) is 0 Å². The number of likely N-dealkylation sites (N-methyl/N-ethyl adjacent to an activating group) is 1. The molecule has 0 radical (unpaired) electrons. The van der Waals surface area contributed by atoms with Crippen molar-refractivity contribution in [3.05, 3.63) is 68.0 Å². The molecule has 1 aliphatic rings. The first kappa shape index (κ1) is 25.6. The summed E-state index contributed by atoms with van der Waals surface area (Å²) < 4.78 is 5.06. The maximum atomic E-state index is 13.2. The number of aliphatic hydroxyl groups is 1. The number of aryl methyl sites for hydroxylation is 1. The Bertz CT molecular complexity index is 1210. The number of hydrogen-bond donors (Lipinski definition) is 2. The molecule has 2 aromatic rings. The van der Waals surface area contributed by atoms with Crippen LogP contribution in [0.25, 0.3) is 5.76 Å². The molecule has 3 rings (SSSR count). The van der Waals surface area contributed by atoms with E-state index in [1.54, 1.807) is 20.8 Å². The highest BCUT2D eigenvalue weighted by molar-refractivity contribution is 6.46. The van der Waals surface area contributed by atoms with Gasteiger partial charge in [-0.3, -0.25) is 19.7 Å². The molecule has 1 atom stereocenters. The normalized spacial score (nSPS) is 17.3. The molecule has 0 aliphatic carbocycles. The Morgan fingerprint density at radius 2 is 1.86 bits per heavy atom. The smallest absolute Gasteiger partial charge is 0.355 e. The number of aromatic amines is 1. The average Bonchev–Trinajstić information content (AvgIpc) is 3.24. The first-order chi connectivity index (χ1) is 16.5. The summed E-state index contributed by atoms with van der Waals surface area (Å²) in [6, 6.07) is 4.53. The number of likely N-dealkylation sites (tertiary alicyclic amines) is 1. The van der Waals surface area contributed by atoms with E-state index in [-0.39, 0.29) is 35.7 Å². The fraction of sp³-hybridized carbons (Fsp3) is 0.375. The number of non-ortho nitro benzene ring substituents is 1. The number of aliphatic hydroxyl groups excluding tert-OH is 1. The molecule has 0 unspecified atom stereocenters. The topological polar surface area (TPSA) is 146 Å². The van der Waals surface area contributed by atoms with Gasteiger partial charge in [0.1, 0.15) is 11.5 Å². The molecule has 1 aliphatic heterocycles. The summed E-state index contributed by atoms with van der Waals surface area (Å²) in [5, 5.41) is 22.5. The molecule has 1 aromatic heterocycles. The monoisotopic (exact) mass is 484 g/mol. The van der Waals surface area contributed by atoms with Gasteiger partial charge in [0.15, 0.2) is 0 Å². The van der Waals surface area contributed by atoms with Crippen LogP contribution in [0.3, 0.4) is 0 Å². The van der Waals surface area contributed by atoms with Crippen LogP contribution in [0.4, 0.5) is 5.69 Å². The van der Waals surface area contributed by atoms with Crippen LogP contribution < -0.4 is 0 Å². The van der Waals surface area contributed by atoms with E-state index in [0.29, 0.717) is 23.4 Å². The minimum absolute atomic E-state index is 0.139. The van der Waals surface area contributed by atoms with Crippen molar-refractivity contribution in [2.24, 2.45) is 0 Å². The molecule has 2 N–H and O–H groups in total. The number of nitro groups is 1. The second-order valence-electron chi connectivity index (χ2n) is 8.49. The van der Waals surface area contributed by atoms with Crippen molar-refractivity contribution < 1.29 is 29.2 Å². The lowest BCUT2D eigenvalue weighted by Gasteiger charge is -2.26. The van der Waals surface area contributed by atoms with Crippen LogP contribution in [0.2, 0.25) is 0 Å². The maximum Gasteiger partial charge on any atom is 0.355 e. The molecule has 11 nitrogen and oxygen atoms in total. The van der Waals surface area contributed by atoms with Crippen LogP contribution in [0.5, 0.6) is 0 Å². The first-order valence-electron chi connectivity index (χ1n) is 11.0. The average molecular weight is 485 g/mol. The quantitative estimate of drug-likeness (QED) is 0.145. The van der Waals surface area contributed by atoms with Crippen LogP contribution >= 0.6 is 0 Å². The lowest BCUT2D eigenvalue weighted by molar-refractivity contribution is -0.384. The first-order valence-corrected chi connectivity index (χ1v) is 11.0. The molecule has 0 bridgehead atoms. The predicted molar refractivity (Wildman–Crippen MR) is 127 cm³/mol. The van der Waals surface area contributed by atoms with Gasteiger partial charge >= 0.3 is 5.97 Å². The van der Waals surface area contributed by atoms with Gasteiger partial charge in [0.25, 0.3) is 17.4 Å². The van der Waals surface area contributed by atoms with Crippen molar-refractivity contribution in [1.29, 1.82) is 0 Å². The van der Waals surface area contributed by atoms with Crippen molar-refractivity contribution in [1.82, 2.24) is 14.8 Å². The van der Waals surface area contributed by atoms with E-state index in [1.165, 1.54) is 29.2 Å². The number of ketones is 1. The Morgan fingerprint density at radius 1 is 1.23 bits per heavy atom. The molecule has 0 spiro atoms. The zero-order valence-electron chi connectivity index (χ0n) is 20.2. The third kappa shape index (κ3) is 4.80. The Labute approximate surface area is 202 Å². The van der Waals surface area contributed by atoms with E-state index in [2.05, 4.69) is 4.98 Å². The summed E-state index contributed by atoms with van der Waals surface area (Å²) >= 11 is 0. The Morgan fingerprint density at radius 3 is 2.40 bits per heavy atom. The SMILES string of the molecule is CCOC(=O)c1[nH]c(C)c(C(O)=C2C(=O)C(=O)N(CCN(C)C)[C@H]2c2ccc([N+](=O)[O-])cc2)c1C. The highest BCUT2D eigenvalue weighted by Crippen LogP contribution is 2.41. The second kappa shape index (κ2) is 10.1. The van der Waals surface area contributed by atoms with E-state index in [9.17, 15) is 29.6 Å². The van der Waals surface area contributed by atoms with E-state index >= 15 is 0 Å². The zero-order chi connectivity index (χ0) is 26.0. The highest BCUT2D eigenvalue weighted by atomic mass is 16.6.